The van der Waals surface area contributed by atoms with Crippen LogP contribution < -0.4 is 11.4 Å². The summed E-state index contributed by atoms with van der Waals surface area (Å²) in [5, 5.41) is 8.39. The van der Waals surface area contributed by atoms with E-state index in [2.05, 4.69) is 10.2 Å². The molecule has 1 aromatic carbocycles. The van der Waals surface area contributed by atoms with Crippen molar-refractivity contribution < 1.29 is 0 Å². The Morgan fingerprint density at radius 2 is 2.18 bits per heavy atom. The summed E-state index contributed by atoms with van der Waals surface area (Å²) in [5.74, 6) is 6.11. The molecule has 0 saturated carbocycles. The molecule has 0 bridgehead atoms. The van der Waals surface area contributed by atoms with Crippen molar-refractivity contribution in [3.05, 3.63) is 51.4 Å². The molecule has 2 aromatic rings. The molecular weight excluding hydrogens is 260 g/mol. The Morgan fingerprint density at radius 3 is 2.94 bits per heavy atom. The van der Waals surface area contributed by atoms with Gasteiger partial charge in [-0.2, -0.15) is 9.77 Å². The highest BCUT2D eigenvalue weighted by Gasteiger charge is 2.06. The van der Waals surface area contributed by atoms with Gasteiger partial charge < -0.3 is 5.84 Å². The smallest absolute Gasteiger partial charge is 0.291 e. The number of rotatable bonds is 3. The van der Waals surface area contributed by atoms with Gasteiger partial charge in [-0.1, -0.05) is 41.6 Å². The molecule has 0 spiro atoms. The van der Waals surface area contributed by atoms with E-state index in [4.69, 9.17) is 17.4 Å². The number of nitrogen functional groups attached to an aromatic ring is 1. The highest BCUT2D eigenvalue weighted by Crippen LogP contribution is 2.23. The van der Waals surface area contributed by atoms with Gasteiger partial charge in [0.25, 0.3) is 5.56 Å². The summed E-state index contributed by atoms with van der Waals surface area (Å²) in [4.78, 5) is 11.2. The van der Waals surface area contributed by atoms with Crippen LogP contribution in [0.15, 0.2) is 40.4 Å². The van der Waals surface area contributed by atoms with Crippen molar-refractivity contribution in [2.24, 2.45) is 0 Å². The summed E-state index contributed by atoms with van der Waals surface area (Å²) in [6.07, 6.45) is 1.07. The lowest BCUT2D eigenvalue weighted by atomic mass is 10.2. The van der Waals surface area contributed by atoms with E-state index in [1.54, 1.807) is 0 Å². The lowest BCUT2D eigenvalue weighted by molar-refractivity contribution is 0.698. The fourth-order valence-electron chi connectivity index (χ4n) is 1.19. The minimum Gasteiger partial charge on any atom is -0.334 e. The Morgan fingerprint density at radius 1 is 1.41 bits per heavy atom. The van der Waals surface area contributed by atoms with Crippen molar-refractivity contribution in [3.8, 4) is 0 Å². The zero-order chi connectivity index (χ0) is 12.3. The first-order valence-corrected chi connectivity index (χ1v) is 6.11. The normalized spacial score (nSPS) is 10.4. The fourth-order valence-corrected chi connectivity index (χ4v) is 2.34. The molecule has 5 nitrogen and oxygen atoms in total. The lowest BCUT2D eigenvalue weighted by Crippen LogP contribution is -2.29. The third kappa shape index (κ3) is 2.78. The van der Waals surface area contributed by atoms with E-state index >= 15 is 0 Å². The molecule has 7 heteroatoms. The van der Waals surface area contributed by atoms with E-state index in [1.807, 2.05) is 24.3 Å². The third-order valence-corrected chi connectivity index (χ3v) is 3.43. The molecule has 0 atom stereocenters. The maximum atomic E-state index is 11.2. The Hall–Kier alpha value is -1.53. The second-order valence-corrected chi connectivity index (χ2v) is 4.57. The van der Waals surface area contributed by atoms with Crippen LogP contribution in [0.25, 0.3) is 0 Å². The van der Waals surface area contributed by atoms with Crippen LogP contribution in [0, 0.1) is 0 Å². The molecule has 17 heavy (non-hydrogen) atoms. The second-order valence-electron chi connectivity index (χ2n) is 3.22. The zero-order valence-corrected chi connectivity index (χ0v) is 10.3. The van der Waals surface area contributed by atoms with Gasteiger partial charge in [-0.3, -0.25) is 4.79 Å². The van der Waals surface area contributed by atoms with Crippen molar-refractivity contribution in [3.63, 3.8) is 0 Å². The number of hydrogen-bond acceptors (Lipinski definition) is 5. The molecule has 0 saturated heterocycles. The number of thioether (sulfide) groups is 1. The minimum absolute atomic E-state index is 0.359. The Labute approximate surface area is 107 Å². The van der Waals surface area contributed by atoms with Gasteiger partial charge in [-0.15, -0.1) is 5.10 Å². The predicted octanol–water partition coefficient (Wildman–Crippen LogP) is 1.30. The summed E-state index contributed by atoms with van der Waals surface area (Å²) in [7, 11) is 0. The van der Waals surface area contributed by atoms with E-state index < -0.39 is 0 Å². The van der Waals surface area contributed by atoms with Gasteiger partial charge in [0, 0.05) is 10.8 Å². The Balaban J connectivity index is 2.16. The molecule has 0 fully saturated rings. The quantitative estimate of drug-likeness (QED) is 0.671. The molecule has 1 heterocycles. The number of halogens is 1. The van der Waals surface area contributed by atoms with Gasteiger partial charge in [0.05, 0.1) is 0 Å². The largest absolute Gasteiger partial charge is 0.334 e. The average molecular weight is 269 g/mol. The maximum Gasteiger partial charge on any atom is 0.291 e. The summed E-state index contributed by atoms with van der Waals surface area (Å²) >= 11 is 7.32. The maximum absolute atomic E-state index is 11.2. The third-order valence-electron chi connectivity index (χ3n) is 2.07. The van der Waals surface area contributed by atoms with E-state index in [9.17, 15) is 4.79 Å². The number of nitrogens with zero attached hydrogens (tertiary/aromatic N) is 3. The lowest BCUT2D eigenvalue weighted by Gasteiger charge is -2.05. The standard InChI is InChI=1S/C10H9ClN4OS/c11-8-4-2-1-3-7(8)6-17-10-14-13-5-9(16)15(10)12/h1-5H,6,12H2. The zero-order valence-electron chi connectivity index (χ0n) is 8.71. The first-order valence-electron chi connectivity index (χ1n) is 4.74. The van der Waals surface area contributed by atoms with Crippen molar-refractivity contribution in [1.29, 1.82) is 0 Å². The van der Waals surface area contributed by atoms with E-state index in [-0.39, 0.29) is 5.56 Å². The van der Waals surface area contributed by atoms with Crippen LogP contribution in [0.5, 0.6) is 0 Å². The second kappa shape index (κ2) is 5.20. The highest BCUT2D eigenvalue weighted by molar-refractivity contribution is 7.98. The topological polar surface area (TPSA) is 73.8 Å². The number of benzene rings is 1. The molecule has 0 radical (unpaired) electrons. The van der Waals surface area contributed by atoms with E-state index in [1.165, 1.54) is 11.8 Å². The molecule has 1 aromatic heterocycles. The Bertz CT molecular complexity index is 587. The van der Waals surface area contributed by atoms with Gasteiger partial charge >= 0.3 is 0 Å². The van der Waals surface area contributed by atoms with Crippen LogP contribution in [-0.4, -0.2) is 14.9 Å². The van der Waals surface area contributed by atoms with Crippen molar-refractivity contribution in [2.45, 2.75) is 10.9 Å². The SMILES string of the molecule is Nn1c(SCc2ccccc2Cl)nncc1=O. The van der Waals surface area contributed by atoms with E-state index in [0.29, 0.717) is 15.9 Å². The predicted molar refractivity (Wildman–Crippen MR) is 67.5 cm³/mol. The van der Waals surface area contributed by atoms with Gasteiger partial charge in [0.1, 0.15) is 6.20 Å². The first-order chi connectivity index (χ1) is 8.18. The van der Waals surface area contributed by atoms with Gasteiger partial charge in [-0.25, -0.2) is 0 Å². The summed E-state index contributed by atoms with van der Waals surface area (Å²) in [5.41, 5.74) is 0.568. The Kier molecular flexibility index (Phi) is 3.65. The molecule has 0 aliphatic heterocycles. The summed E-state index contributed by atoms with van der Waals surface area (Å²) < 4.78 is 0.967. The highest BCUT2D eigenvalue weighted by atomic mass is 35.5. The van der Waals surface area contributed by atoms with Gasteiger partial charge in [-0.05, 0) is 11.6 Å². The first kappa shape index (κ1) is 11.9. The molecular formula is C10H9ClN4OS. The van der Waals surface area contributed by atoms with Gasteiger partial charge in [0.15, 0.2) is 0 Å². The summed E-state index contributed by atoms with van der Waals surface area (Å²) in [6.45, 7) is 0. The van der Waals surface area contributed by atoms with Crippen LogP contribution >= 0.6 is 23.4 Å². The van der Waals surface area contributed by atoms with Crippen LogP contribution in [0.3, 0.4) is 0 Å². The van der Waals surface area contributed by atoms with Crippen LogP contribution in [0.2, 0.25) is 5.02 Å². The minimum atomic E-state index is -0.387. The fraction of sp³-hybridized carbons (Fsp3) is 0.100. The van der Waals surface area contributed by atoms with E-state index in [0.717, 1.165) is 16.4 Å². The van der Waals surface area contributed by atoms with Gasteiger partial charge in [0.2, 0.25) is 5.16 Å². The monoisotopic (exact) mass is 268 g/mol. The molecule has 0 aliphatic rings. The number of aromatic nitrogens is 3. The van der Waals surface area contributed by atoms with Crippen LogP contribution in [0.4, 0.5) is 0 Å². The van der Waals surface area contributed by atoms with Crippen LogP contribution in [0.1, 0.15) is 5.56 Å². The molecule has 0 unspecified atom stereocenters. The number of nitrogens with two attached hydrogens (primary N) is 1. The molecule has 0 aliphatic carbocycles. The van der Waals surface area contributed by atoms with Crippen molar-refractivity contribution >= 4 is 23.4 Å². The molecule has 2 N–H and O–H groups in total. The average Bonchev–Trinajstić information content (AvgIpc) is 2.33. The van der Waals surface area contributed by atoms with Crippen molar-refractivity contribution in [1.82, 2.24) is 14.9 Å². The number of hydrogen-bond donors (Lipinski definition) is 1. The van der Waals surface area contributed by atoms with Crippen molar-refractivity contribution in [2.75, 3.05) is 5.84 Å². The molecule has 2 rings (SSSR count). The summed E-state index contributed by atoms with van der Waals surface area (Å²) in [6, 6.07) is 7.47. The molecule has 0 amide bonds. The van der Waals surface area contributed by atoms with Crippen LogP contribution in [-0.2, 0) is 5.75 Å². The molecule has 88 valence electrons.